The Morgan fingerprint density at radius 2 is 1.69 bits per heavy atom. The Labute approximate surface area is 90.1 Å². The van der Waals surface area contributed by atoms with E-state index in [1.54, 1.807) is 0 Å². The first-order chi connectivity index (χ1) is 7.00. The van der Waals surface area contributed by atoms with Gasteiger partial charge in [0, 0.05) is 6.08 Å². The van der Waals surface area contributed by atoms with Gasteiger partial charge in [0.25, 0.3) is 0 Å². The molecule has 16 heavy (non-hydrogen) atoms. The number of carboxylic acids is 1. The maximum atomic E-state index is 12.4. The topological polar surface area (TPSA) is 66.4 Å². The third-order valence-corrected chi connectivity index (χ3v) is 1.79. The summed E-state index contributed by atoms with van der Waals surface area (Å²) in [5.41, 5.74) is -2.82. The van der Waals surface area contributed by atoms with Crippen LogP contribution in [0.15, 0.2) is 11.6 Å². The number of alkyl halides is 3. The van der Waals surface area contributed by atoms with Crippen LogP contribution < -0.4 is 5.32 Å². The van der Waals surface area contributed by atoms with Crippen LogP contribution in [0.25, 0.3) is 0 Å². The molecule has 4 nitrogen and oxygen atoms in total. The van der Waals surface area contributed by atoms with Crippen LogP contribution in [0.4, 0.5) is 13.2 Å². The van der Waals surface area contributed by atoms with Crippen LogP contribution in [0.3, 0.4) is 0 Å². The number of carbonyl (C=O) groups excluding carboxylic acids is 1. The van der Waals surface area contributed by atoms with Crippen molar-refractivity contribution in [3.8, 4) is 0 Å². The average Bonchev–Trinajstić information content (AvgIpc) is 1.99. The Bertz CT molecular complexity index is 331. The summed E-state index contributed by atoms with van der Waals surface area (Å²) in [5, 5.41) is 9.92. The molecular formula is C9H12F3NO3. The van der Waals surface area contributed by atoms with Crippen LogP contribution in [0.1, 0.15) is 20.8 Å². The van der Waals surface area contributed by atoms with Crippen molar-refractivity contribution in [2.24, 2.45) is 0 Å². The second-order valence-electron chi connectivity index (χ2n) is 3.64. The van der Waals surface area contributed by atoms with Gasteiger partial charge in [-0.2, -0.15) is 13.2 Å². The molecule has 1 amide bonds. The zero-order valence-corrected chi connectivity index (χ0v) is 8.97. The second-order valence-corrected chi connectivity index (χ2v) is 3.64. The Balaban J connectivity index is 5.07. The Hall–Kier alpha value is -1.53. The lowest BCUT2D eigenvalue weighted by molar-refractivity contribution is -0.206. The molecule has 7 heteroatoms. The first-order valence-electron chi connectivity index (χ1n) is 4.28. The van der Waals surface area contributed by atoms with Gasteiger partial charge in [0.1, 0.15) is 0 Å². The van der Waals surface area contributed by atoms with Gasteiger partial charge in [-0.3, -0.25) is 4.79 Å². The number of hydrogen-bond acceptors (Lipinski definition) is 2. The molecule has 1 unspecified atom stereocenters. The van der Waals surface area contributed by atoms with E-state index < -0.39 is 23.6 Å². The van der Waals surface area contributed by atoms with Crippen molar-refractivity contribution >= 4 is 11.9 Å². The van der Waals surface area contributed by atoms with Crippen molar-refractivity contribution in [1.82, 2.24) is 5.32 Å². The van der Waals surface area contributed by atoms with E-state index in [0.29, 0.717) is 12.5 Å². The van der Waals surface area contributed by atoms with Gasteiger partial charge < -0.3 is 10.4 Å². The molecule has 0 radical (unpaired) electrons. The predicted octanol–water partition coefficient (Wildman–Crippen LogP) is 1.47. The molecule has 0 saturated heterocycles. The van der Waals surface area contributed by atoms with Gasteiger partial charge in [-0.15, -0.1) is 0 Å². The molecule has 0 rings (SSSR count). The van der Waals surface area contributed by atoms with E-state index in [4.69, 9.17) is 5.11 Å². The maximum absolute atomic E-state index is 12.4. The van der Waals surface area contributed by atoms with Crippen LogP contribution >= 0.6 is 0 Å². The summed E-state index contributed by atoms with van der Waals surface area (Å²) >= 11 is 0. The zero-order chi connectivity index (χ0) is 13.1. The number of aliphatic carboxylic acids is 1. The molecule has 0 aromatic heterocycles. The Kier molecular flexibility index (Phi) is 4.11. The highest BCUT2D eigenvalue weighted by Crippen LogP contribution is 2.30. The van der Waals surface area contributed by atoms with Crippen LogP contribution in [-0.4, -0.2) is 28.7 Å². The Morgan fingerprint density at radius 3 is 1.94 bits per heavy atom. The van der Waals surface area contributed by atoms with E-state index >= 15 is 0 Å². The smallest absolute Gasteiger partial charge is 0.422 e. The molecule has 0 bridgehead atoms. The van der Waals surface area contributed by atoms with Gasteiger partial charge in [0.2, 0.25) is 11.4 Å². The molecule has 0 saturated carbocycles. The second kappa shape index (κ2) is 4.54. The van der Waals surface area contributed by atoms with Gasteiger partial charge >= 0.3 is 12.1 Å². The third-order valence-electron chi connectivity index (χ3n) is 1.79. The van der Waals surface area contributed by atoms with Crippen molar-refractivity contribution in [3.05, 3.63) is 11.6 Å². The van der Waals surface area contributed by atoms with E-state index in [1.807, 2.05) is 0 Å². The lowest BCUT2D eigenvalue weighted by atomic mass is 10.0. The van der Waals surface area contributed by atoms with Crippen LogP contribution in [0, 0.1) is 0 Å². The fourth-order valence-corrected chi connectivity index (χ4v) is 0.790. The lowest BCUT2D eigenvalue weighted by Crippen LogP contribution is -2.61. The first-order valence-corrected chi connectivity index (χ1v) is 4.28. The highest BCUT2D eigenvalue weighted by molar-refractivity contribution is 5.93. The molecule has 0 aromatic rings. The third kappa shape index (κ3) is 3.25. The van der Waals surface area contributed by atoms with Gasteiger partial charge in [-0.1, -0.05) is 5.57 Å². The largest absolute Gasteiger partial charge is 0.479 e. The molecule has 0 aliphatic rings. The minimum atomic E-state index is -5.07. The van der Waals surface area contributed by atoms with E-state index in [9.17, 15) is 22.8 Å². The molecule has 0 aromatic carbocycles. The van der Waals surface area contributed by atoms with Gasteiger partial charge in [-0.25, -0.2) is 4.79 Å². The quantitative estimate of drug-likeness (QED) is 0.733. The standard InChI is InChI=1S/C9H12F3NO3/c1-5(2)4-6(14)13-8(3,7(15)16)9(10,11)12/h4H,1-3H3,(H,13,14)(H,15,16). The number of amides is 1. The fraction of sp³-hybridized carbons (Fsp3) is 0.556. The number of carbonyl (C=O) groups is 2. The molecule has 2 N–H and O–H groups in total. The molecular weight excluding hydrogens is 227 g/mol. The number of rotatable bonds is 3. The normalized spacial score (nSPS) is 14.9. The predicted molar refractivity (Wildman–Crippen MR) is 49.7 cm³/mol. The molecule has 92 valence electrons. The first kappa shape index (κ1) is 14.5. The van der Waals surface area contributed by atoms with Gasteiger partial charge in [0.05, 0.1) is 0 Å². The number of allylic oxidation sites excluding steroid dienone is 1. The summed E-state index contributed by atoms with van der Waals surface area (Å²) in [4.78, 5) is 21.6. The van der Waals surface area contributed by atoms with E-state index in [-0.39, 0.29) is 0 Å². The highest BCUT2D eigenvalue weighted by atomic mass is 19.4. The van der Waals surface area contributed by atoms with Crippen molar-refractivity contribution < 1.29 is 27.9 Å². The number of halogens is 3. The summed E-state index contributed by atoms with van der Waals surface area (Å²) in [6, 6.07) is 0. The summed E-state index contributed by atoms with van der Waals surface area (Å²) in [5.74, 6) is -3.25. The monoisotopic (exact) mass is 239 g/mol. The van der Waals surface area contributed by atoms with E-state index in [1.165, 1.54) is 19.2 Å². The summed E-state index contributed by atoms with van der Waals surface area (Å²) in [6.45, 7) is 3.41. The molecule has 1 atom stereocenters. The minimum Gasteiger partial charge on any atom is -0.479 e. The number of hydrogen-bond donors (Lipinski definition) is 2. The maximum Gasteiger partial charge on any atom is 0.422 e. The van der Waals surface area contributed by atoms with Crippen LogP contribution in [-0.2, 0) is 9.59 Å². The SMILES string of the molecule is CC(C)=CC(=O)NC(C)(C(=O)O)C(F)(F)F. The Morgan fingerprint density at radius 1 is 1.25 bits per heavy atom. The minimum absolute atomic E-state index is 0.395. The fourth-order valence-electron chi connectivity index (χ4n) is 0.790. The number of carboxylic acid groups (broad SMARTS) is 1. The number of nitrogens with one attached hydrogen (secondary N) is 1. The molecule has 0 aliphatic heterocycles. The highest BCUT2D eigenvalue weighted by Gasteiger charge is 2.58. The molecule has 0 aliphatic carbocycles. The molecule has 0 heterocycles. The van der Waals surface area contributed by atoms with Crippen LogP contribution in [0.5, 0.6) is 0 Å². The lowest BCUT2D eigenvalue weighted by Gasteiger charge is -2.28. The summed E-state index contributed by atoms with van der Waals surface area (Å²) in [7, 11) is 0. The van der Waals surface area contributed by atoms with Gasteiger partial charge in [-0.05, 0) is 20.8 Å². The molecule has 0 fully saturated rings. The average molecular weight is 239 g/mol. The van der Waals surface area contributed by atoms with Crippen molar-refractivity contribution in [3.63, 3.8) is 0 Å². The van der Waals surface area contributed by atoms with Crippen molar-refractivity contribution in [2.45, 2.75) is 32.5 Å². The van der Waals surface area contributed by atoms with E-state index in [0.717, 1.165) is 6.08 Å². The van der Waals surface area contributed by atoms with Crippen molar-refractivity contribution in [1.29, 1.82) is 0 Å². The summed E-state index contributed by atoms with van der Waals surface area (Å²) < 4.78 is 37.3. The summed E-state index contributed by atoms with van der Waals surface area (Å²) in [6.07, 6.45) is -4.17. The van der Waals surface area contributed by atoms with Crippen LogP contribution in [0.2, 0.25) is 0 Å². The van der Waals surface area contributed by atoms with Gasteiger partial charge in [0.15, 0.2) is 0 Å². The van der Waals surface area contributed by atoms with E-state index in [2.05, 4.69) is 0 Å². The molecule has 0 spiro atoms. The zero-order valence-electron chi connectivity index (χ0n) is 8.97. The van der Waals surface area contributed by atoms with Crippen molar-refractivity contribution in [2.75, 3.05) is 0 Å².